The average molecular weight is 549 g/mol. The van der Waals surface area contributed by atoms with Crippen LogP contribution in [0.5, 0.6) is 0 Å². The van der Waals surface area contributed by atoms with Gasteiger partial charge in [-0.1, -0.05) is 28.1 Å². The predicted octanol–water partition coefficient (Wildman–Crippen LogP) is 2.82. The molecule has 1 aromatic carbocycles. The fourth-order valence-corrected chi connectivity index (χ4v) is 4.91. The van der Waals surface area contributed by atoms with Gasteiger partial charge in [0, 0.05) is 22.4 Å². The molecule has 3 aromatic rings. The van der Waals surface area contributed by atoms with E-state index < -0.39 is 10.3 Å². The van der Waals surface area contributed by atoms with Crippen LogP contribution >= 0.6 is 15.9 Å². The van der Waals surface area contributed by atoms with Crippen molar-refractivity contribution in [1.29, 1.82) is 0 Å². The number of nitrogens with one attached hydrogen (secondary N) is 1. The van der Waals surface area contributed by atoms with Crippen molar-refractivity contribution in [3.63, 3.8) is 0 Å². The molecule has 1 fully saturated rings. The zero-order valence-electron chi connectivity index (χ0n) is 18.5. The maximum absolute atomic E-state index is 13.3. The Kier molecular flexibility index (Phi) is 7.41. The van der Waals surface area contributed by atoms with Crippen molar-refractivity contribution in [2.75, 3.05) is 11.9 Å². The Bertz CT molecular complexity index is 1300. The van der Waals surface area contributed by atoms with E-state index in [2.05, 4.69) is 36.3 Å². The van der Waals surface area contributed by atoms with Gasteiger partial charge in [-0.25, -0.2) is 15.1 Å². The van der Waals surface area contributed by atoms with Crippen molar-refractivity contribution in [2.45, 2.75) is 38.8 Å². The van der Waals surface area contributed by atoms with Gasteiger partial charge >= 0.3 is 10.3 Å². The van der Waals surface area contributed by atoms with Crippen LogP contribution < -0.4 is 10.5 Å². The molecule has 2 aromatic heterocycles. The van der Waals surface area contributed by atoms with Gasteiger partial charge in [0.25, 0.3) is 0 Å². The molecule has 0 radical (unpaired) electrons. The number of rotatable bonds is 9. The number of hydrogen-bond acceptors (Lipinski definition) is 8. The first-order valence-corrected chi connectivity index (χ1v) is 13.0. The van der Waals surface area contributed by atoms with Gasteiger partial charge in [0.1, 0.15) is 17.8 Å². The largest absolute Gasteiger partial charge is 0.367 e. The molecular formula is C22H25BrN6O4S. The van der Waals surface area contributed by atoms with Gasteiger partial charge in [0.15, 0.2) is 0 Å². The van der Waals surface area contributed by atoms with Crippen LogP contribution in [-0.4, -0.2) is 46.6 Å². The third kappa shape index (κ3) is 6.26. The molecule has 1 saturated carbocycles. The van der Waals surface area contributed by atoms with Crippen molar-refractivity contribution in [2.24, 2.45) is 11.1 Å². The lowest BCUT2D eigenvalue weighted by atomic mass is 10.1. The molecule has 1 aliphatic rings. The molecule has 2 heterocycles. The Labute approximate surface area is 206 Å². The number of aromatic nitrogens is 4. The summed E-state index contributed by atoms with van der Waals surface area (Å²) in [5.74, 6) is 0.205. The average Bonchev–Trinajstić information content (AvgIpc) is 3.38. The van der Waals surface area contributed by atoms with Gasteiger partial charge in [-0.15, -0.1) is 0 Å². The molecule has 1 aliphatic carbocycles. The Hall–Kier alpha value is -2.67. The molecule has 10 nitrogen and oxygen atoms in total. The van der Waals surface area contributed by atoms with Crippen molar-refractivity contribution in [1.82, 2.24) is 19.7 Å². The summed E-state index contributed by atoms with van der Waals surface area (Å²) < 4.78 is 29.6. The molecular weight excluding hydrogens is 524 g/mol. The van der Waals surface area contributed by atoms with Crippen molar-refractivity contribution >= 4 is 37.8 Å². The molecule has 0 saturated heterocycles. The normalized spacial score (nSPS) is 18.2. The topological polar surface area (TPSA) is 142 Å². The lowest BCUT2D eigenvalue weighted by Crippen LogP contribution is -2.22. The maximum atomic E-state index is 13.3. The smallest absolute Gasteiger partial charge is 0.333 e. The summed E-state index contributed by atoms with van der Waals surface area (Å²) >= 11 is 3.47. The second-order valence-corrected chi connectivity index (χ2v) is 10.5. The van der Waals surface area contributed by atoms with E-state index in [1.54, 1.807) is 10.7 Å². The van der Waals surface area contributed by atoms with Crippen LogP contribution in [0.1, 0.15) is 46.6 Å². The summed E-state index contributed by atoms with van der Waals surface area (Å²) in [6.07, 6.45) is 5.11. The van der Waals surface area contributed by atoms with Gasteiger partial charge in [0.2, 0.25) is 5.78 Å². The van der Waals surface area contributed by atoms with Crippen molar-refractivity contribution < 1.29 is 17.4 Å². The maximum Gasteiger partial charge on any atom is 0.333 e. The van der Waals surface area contributed by atoms with E-state index in [9.17, 15) is 13.2 Å². The molecule has 4 rings (SSSR count). The van der Waals surface area contributed by atoms with E-state index >= 15 is 0 Å². The highest BCUT2D eigenvalue weighted by molar-refractivity contribution is 9.10. The molecule has 180 valence electrons. The highest BCUT2D eigenvalue weighted by atomic mass is 79.9. The molecule has 34 heavy (non-hydrogen) atoms. The van der Waals surface area contributed by atoms with Crippen LogP contribution in [0.3, 0.4) is 0 Å². The molecule has 2 atom stereocenters. The molecule has 12 heteroatoms. The van der Waals surface area contributed by atoms with Gasteiger partial charge in [-0.05, 0) is 55.9 Å². The summed E-state index contributed by atoms with van der Waals surface area (Å²) in [5, 5.41) is 12.7. The van der Waals surface area contributed by atoms with E-state index in [0.29, 0.717) is 30.0 Å². The van der Waals surface area contributed by atoms with Crippen LogP contribution in [0.15, 0.2) is 47.3 Å². The number of nitrogens with two attached hydrogens (primary N) is 1. The minimum absolute atomic E-state index is 0.0198. The first-order chi connectivity index (χ1) is 16.2. The highest BCUT2D eigenvalue weighted by Crippen LogP contribution is 2.29. The number of ketones is 1. The van der Waals surface area contributed by atoms with E-state index in [1.165, 1.54) is 12.5 Å². The quantitative estimate of drug-likeness (QED) is 0.388. The Morgan fingerprint density at radius 1 is 1.32 bits per heavy atom. The molecule has 3 N–H and O–H groups in total. The Morgan fingerprint density at radius 2 is 2.15 bits per heavy atom. The first kappa shape index (κ1) is 24.5. The monoisotopic (exact) mass is 548 g/mol. The van der Waals surface area contributed by atoms with Gasteiger partial charge in [-0.3, -0.25) is 13.7 Å². The van der Waals surface area contributed by atoms with Crippen molar-refractivity contribution in [3.8, 4) is 0 Å². The molecule has 0 bridgehead atoms. The van der Waals surface area contributed by atoms with E-state index in [1.807, 2.05) is 31.2 Å². The number of benzene rings is 1. The van der Waals surface area contributed by atoms with Gasteiger partial charge < -0.3 is 5.32 Å². The summed E-state index contributed by atoms with van der Waals surface area (Å²) in [4.78, 5) is 21.6. The van der Waals surface area contributed by atoms with E-state index in [0.717, 1.165) is 28.6 Å². The minimum Gasteiger partial charge on any atom is -0.367 e. The minimum atomic E-state index is -3.96. The summed E-state index contributed by atoms with van der Waals surface area (Å²) in [6.45, 7) is 2.49. The molecule has 0 amide bonds. The standard InChI is InChI=1S/C22H25BrN6O4S/c1-14-7-20(28-29(14)11-15-3-2-4-17(23)8-15)21(30)19-10-25-13-26-22(19)27-18-6-5-16(9-18)12-33-34(24,31)32/h2-4,7-8,10,13,16,18H,5-6,9,11-12H2,1H3,(H2,24,31,32)(H,25,26,27)/t16-,18-/m0/s1. The summed E-state index contributed by atoms with van der Waals surface area (Å²) in [5.41, 5.74) is 2.57. The van der Waals surface area contributed by atoms with Crippen LogP contribution in [0.2, 0.25) is 0 Å². The number of halogens is 1. The highest BCUT2D eigenvalue weighted by Gasteiger charge is 2.28. The van der Waals surface area contributed by atoms with Crippen LogP contribution in [0.4, 0.5) is 5.82 Å². The number of anilines is 1. The second kappa shape index (κ2) is 10.3. The fourth-order valence-electron chi connectivity index (χ4n) is 4.08. The Morgan fingerprint density at radius 3 is 2.91 bits per heavy atom. The van der Waals surface area contributed by atoms with E-state index in [-0.39, 0.29) is 24.3 Å². The first-order valence-electron chi connectivity index (χ1n) is 10.7. The zero-order chi connectivity index (χ0) is 24.3. The lowest BCUT2D eigenvalue weighted by Gasteiger charge is -2.15. The number of aryl methyl sites for hydroxylation is 1. The fraction of sp³-hybridized carbons (Fsp3) is 0.364. The van der Waals surface area contributed by atoms with Gasteiger partial charge in [-0.2, -0.15) is 13.5 Å². The van der Waals surface area contributed by atoms with Crippen LogP contribution in [0.25, 0.3) is 0 Å². The second-order valence-electron chi connectivity index (χ2n) is 8.37. The third-order valence-electron chi connectivity index (χ3n) is 5.74. The molecule has 0 unspecified atom stereocenters. The van der Waals surface area contributed by atoms with Crippen LogP contribution in [0, 0.1) is 12.8 Å². The zero-order valence-corrected chi connectivity index (χ0v) is 20.9. The molecule has 0 spiro atoms. The van der Waals surface area contributed by atoms with Crippen LogP contribution in [-0.2, 0) is 21.0 Å². The number of carbonyl (C=O) groups excluding carboxylic acids is 1. The number of hydrogen-bond donors (Lipinski definition) is 2. The third-order valence-corrected chi connectivity index (χ3v) is 6.70. The predicted molar refractivity (Wildman–Crippen MR) is 129 cm³/mol. The summed E-state index contributed by atoms with van der Waals surface area (Å²) in [7, 11) is -3.96. The SMILES string of the molecule is Cc1cc(C(=O)c2cncnc2N[C@H]2CC[C@H](COS(N)(=O)=O)C2)nn1Cc1cccc(Br)c1. The lowest BCUT2D eigenvalue weighted by molar-refractivity contribution is 0.103. The molecule has 0 aliphatic heterocycles. The number of nitrogens with zero attached hydrogens (tertiary/aromatic N) is 4. The van der Waals surface area contributed by atoms with Gasteiger partial charge in [0.05, 0.1) is 18.7 Å². The van der Waals surface area contributed by atoms with E-state index in [4.69, 9.17) is 9.32 Å². The Balaban J connectivity index is 1.46. The van der Waals surface area contributed by atoms with Crippen molar-refractivity contribution in [3.05, 3.63) is 69.8 Å². The summed E-state index contributed by atoms with van der Waals surface area (Å²) in [6, 6.07) is 9.71. The number of carbonyl (C=O) groups is 1.